The molecule has 0 saturated heterocycles. The Morgan fingerprint density at radius 3 is 2.63 bits per heavy atom. The van der Waals surface area contributed by atoms with E-state index >= 15 is 0 Å². The van der Waals surface area contributed by atoms with Gasteiger partial charge in [0.1, 0.15) is 0 Å². The summed E-state index contributed by atoms with van der Waals surface area (Å²) in [4.78, 5) is 0. The first-order valence-corrected chi connectivity index (χ1v) is 7.63. The SMILES string of the molecule is CCCC1CCC(CO)(Nc2cccc(C)c2)CC1. The maximum absolute atomic E-state index is 9.83. The second-order valence-corrected chi connectivity index (χ2v) is 6.16. The number of hydrogen-bond acceptors (Lipinski definition) is 2. The molecular formula is C17H27NO. The fourth-order valence-corrected chi connectivity index (χ4v) is 3.28. The van der Waals surface area contributed by atoms with Gasteiger partial charge in [0, 0.05) is 5.69 Å². The van der Waals surface area contributed by atoms with E-state index in [1.165, 1.54) is 31.2 Å². The highest BCUT2D eigenvalue weighted by molar-refractivity contribution is 5.47. The maximum atomic E-state index is 9.83. The molecule has 1 aliphatic rings. The van der Waals surface area contributed by atoms with Gasteiger partial charge >= 0.3 is 0 Å². The molecule has 19 heavy (non-hydrogen) atoms. The largest absolute Gasteiger partial charge is 0.394 e. The summed E-state index contributed by atoms with van der Waals surface area (Å²) >= 11 is 0. The van der Waals surface area contributed by atoms with Crippen molar-refractivity contribution in [1.29, 1.82) is 0 Å². The van der Waals surface area contributed by atoms with E-state index in [2.05, 4.69) is 43.4 Å². The highest BCUT2D eigenvalue weighted by atomic mass is 16.3. The summed E-state index contributed by atoms with van der Waals surface area (Å²) in [7, 11) is 0. The first kappa shape index (κ1) is 14.4. The van der Waals surface area contributed by atoms with E-state index in [0.29, 0.717) is 0 Å². The number of aliphatic hydroxyl groups is 1. The van der Waals surface area contributed by atoms with Crippen molar-refractivity contribution < 1.29 is 5.11 Å². The molecule has 0 heterocycles. The average molecular weight is 261 g/mol. The summed E-state index contributed by atoms with van der Waals surface area (Å²) in [6.07, 6.45) is 7.28. The van der Waals surface area contributed by atoms with Crippen LogP contribution in [-0.2, 0) is 0 Å². The van der Waals surface area contributed by atoms with Crippen LogP contribution in [0.2, 0.25) is 0 Å². The van der Waals surface area contributed by atoms with Gasteiger partial charge in [-0.25, -0.2) is 0 Å². The zero-order valence-electron chi connectivity index (χ0n) is 12.3. The Bertz CT molecular complexity index is 394. The van der Waals surface area contributed by atoms with Gasteiger partial charge in [0.05, 0.1) is 12.1 Å². The summed E-state index contributed by atoms with van der Waals surface area (Å²) in [6, 6.07) is 8.44. The Hall–Kier alpha value is -1.02. The van der Waals surface area contributed by atoms with Gasteiger partial charge in [-0.05, 0) is 56.2 Å². The van der Waals surface area contributed by atoms with Gasteiger partial charge in [0.25, 0.3) is 0 Å². The van der Waals surface area contributed by atoms with Gasteiger partial charge in [-0.3, -0.25) is 0 Å². The Morgan fingerprint density at radius 1 is 1.32 bits per heavy atom. The summed E-state index contributed by atoms with van der Waals surface area (Å²) < 4.78 is 0. The molecule has 106 valence electrons. The third-order valence-corrected chi connectivity index (χ3v) is 4.49. The first-order chi connectivity index (χ1) is 9.17. The molecule has 2 heteroatoms. The zero-order valence-corrected chi connectivity index (χ0v) is 12.3. The molecule has 1 saturated carbocycles. The highest BCUT2D eigenvalue weighted by Gasteiger charge is 2.34. The monoisotopic (exact) mass is 261 g/mol. The standard InChI is InChI=1S/C17H27NO/c1-3-5-15-8-10-17(13-19,11-9-15)18-16-7-4-6-14(2)12-16/h4,6-7,12,15,18-19H,3,5,8-11,13H2,1-2H3. The van der Waals surface area contributed by atoms with Gasteiger partial charge in [-0.2, -0.15) is 0 Å². The molecule has 0 aromatic heterocycles. The number of hydrogen-bond donors (Lipinski definition) is 2. The maximum Gasteiger partial charge on any atom is 0.0661 e. The molecule has 0 radical (unpaired) electrons. The second kappa shape index (κ2) is 6.42. The smallest absolute Gasteiger partial charge is 0.0661 e. The normalized spacial score (nSPS) is 27.2. The molecule has 1 fully saturated rings. The Morgan fingerprint density at radius 2 is 2.05 bits per heavy atom. The zero-order chi connectivity index (χ0) is 13.7. The lowest BCUT2D eigenvalue weighted by molar-refractivity contribution is 0.148. The van der Waals surface area contributed by atoms with E-state index in [-0.39, 0.29) is 12.1 Å². The number of aliphatic hydroxyl groups excluding tert-OH is 1. The van der Waals surface area contributed by atoms with Crippen LogP contribution in [0.1, 0.15) is 51.0 Å². The first-order valence-electron chi connectivity index (χ1n) is 7.63. The molecule has 0 bridgehead atoms. The summed E-state index contributed by atoms with van der Waals surface area (Å²) in [6.45, 7) is 4.60. The van der Waals surface area contributed by atoms with Crippen LogP contribution in [0, 0.1) is 12.8 Å². The summed E-state index contributed by atoms with van der Waals surface area (Å²) in [5.41, 5.74) is 2.30. The molecule has 0 amide bonds. The van der Waals surface area contributed by atoms with Crippen LogP contribution >= 0.6 is 0 Å². The van der Waals surface area contributed by atoms with Gasteiger partial charge in [-0.15, -0.1) is 0 Å². The molecular weight excluding hydrogens is 234 g/mol. The van der Waals surface area contributed by atoms with Gasteiger partial charge < -0.3 is 10.4 Å². The molecule has 0 spiro atoms. The Balaban J connectivity index is 2.00. The fraction of sp³-hybridized carbons (Fsp3) is 0.647. The molecule has 0 unspecified atom stereocenters. The van der Waals surface area contributed by atoms with Crippen LogP contribution in [0.3, 0.4) is 0 Å². The van der Waals surface area contributed by atoms with Crippen molar-refractivity contribution in [3.63, 3.8) is 0 Å². The van der Waals surface area contributed by atoms with Crippen LogP contribution in [0.4, 0.5) is 5.69 Å². The molecule has 1 aromatic carbocycles. The summed E-state index contributed by atoms with van der Waals surface area (Å²) in [5.74, 6) is 0.865. The van der Waals surface area contributed by atoms with Crippen molar-refractivity contribution in [1.82, 2.24) is 0 Å². The minimum Gasteiger partial charge on any atom is -0.394 e. The molecule has 2 N–H and O–H groups in total. The van der Waals surface area contributed by atoms with Crippen molar-refractivity contribution in [2.24, 2.45) is 5.92 Å². The lowest BCUT2D eigenvalue weighted by Crippen LogP contribution is -2.45. The number of rotatable bonds is 5. The number of benzene rings is 1. The van der Waals surface area contributed by atoms with Crippen molar-refractivity contribution in [2.45, 2.75) is 57.9 Å². The predicted molar refractivity (Wildman–Crippen MR) is 81.5 cm³/mol. The van der Waals surface area contributed by atoms with Crippen molar-refractivity contribution in [3.05, 3.63) is 29.8 Å². The molecule has 0 atom stereocenters. The van der Waals surface area contributed by atoms with Crippen LogP contribution in [-0.4, -0.2) is 17.3 Å². The van der Waals surface area contributed by atoms with E-state index in [1.807, 2.05) is 0 Å². The highest BCUT2D eigenvalue weighted by Crippen LogP contribution is 2.36. The van der Waals surface area contributed by atoms with E-state index in [9.17, 15) is 5.11 Å². The van der Waals surface area contributed by atoms with E-state index in [1.54, 1.807) is 0 Å². The molecule has 1 aromatic rings. The third kappa shape index (κ3) is 3.73. The number of nitrogens with one attached hydrogen (secondary N) is 1. The Labute approximate surface area is 117 Å². The minimum absolute atomic E-state index is 0.0992. The lowest BCUT2D eigenvalue weighted by atomic mass is 9.75. The second-order valence-electron chi connectivity index (χ2n) is 6.16. The van der Waals surface area contributed by atoms with Crippen LogP contribution < -0.4 is 5.32 Å². The topological polar surface area (TPSA) is 32.3 Å². The van der Waals surface area contributed by atoms with E-state index in [0.717, 1.165) is 24.4 Å². The predicted octanol–water partition coefficient (Wildman–Crippen LogP) is 4.13. The quantitative estimate of drug-likeness (QED) is 0.835. The molecule has 1 aliphatic carbocycles. The lowest BCUT2D eigenvalue weighted by Gasteiger charge is -2.40. The molecule has 2 rings (SSSR count). The van der Waals surface area contributed by atoms with Gasteiger partial charge in [0.2, 0.25) is 0 Å². The average Bonchev–Trinajstić information content (AvgIpc) is 2.42. The van der Waals surface area contributed by atoms with Crippen molar-refractivity contribution >= 4 is 5.69 Å². The van der Waals surface area contributed by atoms with Crippen molar-refractivity contribution in [2.75, 3.05) is 11.9 Å². The van der Waals surface area contributed by atoms with Crippen molar-refractivity contribution in [3.8, 4) is 0 Å². The molecule has 2 nitrogen and oxygen atoms in total. The van der Waals surface area contributed by atoms with Crippen LogP contribution in [0.15, 0.2) is 24.3 Å². The Kier molecular flexibility index (Phi) is 4.87. The van der Waals surface area contributed by atoms with E-state index in [4.69, 9.17) is 0 Å². The van der Waals surface area contributed by atoms with Crippen LogP contribution in [0.5, 0.6) is 0 Å². The summed E-state index contributed by atoms with van der Waals surface area (Å²) in [5, 5.41) is 13.4. The number of anilines is 1. The van der Waals surface area contributed by atoms with Crippen LogP contribution in [0.25, 0.3) is 0 Å². The number of aryl methyl sites for hydroxylation is 1. The van der Waals surface area contributed by atoms with Gasteiger partial charge in [-0.1, -0.05) is 31.9 Å². The third-order valence-electron chi connectivity index (χ3n) is 4.49. The van der Waals surface area contributed by atoms with E-state index < -0.39 is 0 Å². The fourth-order valence-electron chi connectivity index (χ4n) is 3.28. The molecule has 0 aliphatic heterocycles. The van der Waals surface area contributed by atoms with Gasteiger partial charge in [0.15, 0.2) is 0 Å². The minimum atomic E-state index is -0.0992.